The molecule has 0 aromatic heterocycles. The number of esters is 1. The van der Waals surface area contributed by atoms with Gasteiger partial charge in [0.2, 0.25) is 0 Å². The summed E-state index contributed by atoms with van der Waals surface area (Å²) in [6.07, 6.45) is 3.59. The highest BCUT2D eigenvalue weighted by molar-refractivity contribution is 6.18. The lowest BCUT2D eigenvalue weighted by Gasteiger charge is -2.37. The summed E-state index contributed by atoms with van der Waals surface area (Å²) in [6, 6.07) is 7.81. The molecule has 23 heavy (non-hydrogen) atoms. The van der Waals surface area contributed by atoms with Crippen LogP contribution < -0.4 is 10.1 Å². The van der Waals surface area contributed by atoms with Crippen LogP contribution in [0.15, 0.2) is 30.3 Å². The Morgan fingerprint density at radius 2 is 1.78 bits per heavy atom. The number of cyclic esters (lactones) is 1. The van der Waals surface area contributed by atoms with Gasteiger partial charge in [-0.1, -0.05) is 36.4 Å². The van der Waals surface area contributed by atoms with Crippen molar-refractivity contribution in [3.63, 3.8) is 0 Å². The van der Waals surface area contributed by atoms with Crippen LogP contribution in [0.25, 0.3) is 16.8 Å². The van der Waals surface area contributed by atoms with Crippen molar-refractivity contribution in [3.8, 4) is 5.75 Å². The van der Waals surface area contributed by atoms with Gasteiger partial charge in [-0.25, -0.2) is 4.79 Å². The Kier molecular flexibility index (Phi) is 2.66. The summed E-state index contributed by atoms with van der Waals surface area (Å²) >= 11 is 0. The van der Waals surface area contributed by atoms with E-state index in [4.69, 9.17) is 17.3 Å². The minimum Gasteiger partial charge on any atom is -0.492 e. The van der Waals surface area contributed by atoms with Crippen LogP contribution in [0.3, 0.4) is 0 Å². The summed E-state index contributed by atoms with van der Waals surface area (Å²) in [5.41, 5.74) is 0.298. The van der Waals surface area contributed by atoms with E-state index in [2.05, 4.69) is 5.32 Å². The van der Waals surface area contributed by atoms with E-state index in [0.717, 1.165) is 16.5 Å². The van der Waals surface area contributed by atoms with Crippen molar-refractivity contribution in [3.05, 3.63) is 41.5 Å². The fourth-order valence-electron chi connectivity index (χ4n) is 3.15. The number of hydrogen-bond donors (Lipinski definition) is 1. The maximum absolute atomic E-state index is 12.6. The minimum atomic E-state index is -0.907. The van der Waals surface area contributed by atoms with Gasteiger partial charge in [-0.2, -0.15) is 0 Å². The van der Waals surface area contributed by atoms with E-state index in [1.165, 1.54) is 0 Å². The molecule has 5 heteroatoms. The third-order valence-corrected chi connectivity index (χ3v) is 4.09. The molecule has 2 heterocycles. The number of hydrogen-bond acceptors (Lipinski definition) is 4. The Morgan fingerprint density at radius 3 is 2.52 bits per heavy atom. The van der Waals surface area contributed by atoms with Gasteiger partial charge >= 0.3 is 5.97 Å². The number of anilines is 1. The molecule has 0 bridgehead atoms. The molecule has 0 spiro atoms. The fraction of sp³-hybridized carbons (Fsp3) is 0.278. The Balaban J connectivity index is 2.12. The highest BCUT2D eigenvalue weighted by Gasteiger charge is 2.37. The van der Waals surface area contributed by atoms with Crippen LogP contribution in [0.5, 0.6) is 5.75 Å². The molecule has 2 aliphatic rings. The van der Waals surface area contributed by atoms with E-state index in [0.29, 0.717) is 16.9 Å². The number of carbonyl (C=O) groups excluding carboxylic acids is 1. The minimum absolute atomic E-state index is 0.361. The molecule has 2 aromatic rings. The molecular formula is C18H16BNO3. The third-order valence-electron chi connectivity index (χ3n) is 4.09. The van der Waals surface area contributed by atoms with Crippen LogP contribution >= 0.6 is 0 Å². The maximum Gasteiger partial charge on any atom is 0.343 e. The lowest BCUT2D eigenvalue weighted by molar-refractivity contribution is 0.00699. The first-order valence-electron chi connectivity index (χ1n) is 7.55. The van der Waals surface area contributed by atoms with Crippen molar-refractivity contribution in [2.24, 2.45) is 0 Å². The Labute approximate surface area is 135 Å². The summed E-state index contributed by atoms with van der Waals surface area (Å²) in [4.78, 5) is 12.6. The number of nitrogens with one attached hydrogen (secondary N) is 1. The highest BCUT2D eigenvalue weighted by atomic mass is 16.6. The van der Waals surface area contributed by atoms with Crippen molar-refractivity contribution in [2.75, 3.05) is 5.32 Å². The molecular weight excluding hydrogens is 289 g/mol. The first kappa shape index (κ1) is 14.2. The molecule has 4 nitrogen and oxygen atoms in total. The zero-order valence-corrected chi connectivity index (χ0v) is 13.3. The summed E-state index contributed by atoms with van der Waals surface area (Å²) in [7, 11) is 6.10. The van der Waals surface area contributed by atoms with Gasteiger partial charge in [0.15, 0.2) is 5.72 Å². The number of ether oxygens (including phenoxy) is 2. The van der Waals surface area contributed by atoms with Crippen LogP contribution in [0.2, 0.25) is 0 Å². The van der Waals surface area contributed by atoms with Gasteiger partial charge in [0.1, 0.15) is 13.6 Å². The first-order chi connectivity index (χ1) is 10.8. The van der Waals surface area contributed by atoms with E-state index in [1.807, 2.05) is 44.2 Å². The quantitative estimate of drug-likeness (QED) is 0.598. The number of fused-ring (bicyclic) bond motifs is 6. The van der Waals surface area contributed by atoms with Crippen molar-refractivity contribution >= 4 is 36.4 Å². The Morgan fingerprint density at radius 1 is 1.09 bits per heavy atom. The van der Waals surface area contributed by atoms with E-state index in [9.17, 15) is 4.79 Å². The van der Waals surface area contributed by atoms with Gasteiger partial charge in [0.05, 0.1) is 16.8 Å². The van der Waals surface area contributed by atoms with E-state index in [1.54, 1.807) is 13.0 Å². The zero-order chi connectivity index (χ0) is 16.4. The second-order valence-electron chi connectivity index (χ2n) is 6.68. The lowest BCUT2D eigenvalue weighted by atomic mass is 9.80. The summed E-state index contributed by atoms with van der Waals surface area (Å²) in [6.45, 7) is 5.43. The molecule has 1 unspecified atom stereocenters. The van der Waals surface area contributed by atoms with E-state index >= 15 is 0 Å². The van der Waals surface area contributed by atoms with Crippen molar-refractivity contribution in [2.45, 2.75) is 32.0 Å². The second kappa shape index (κ2) is 4.31. The number of carbonyl (C=O) groups is 1. The molecule has 0 aliphatic carbocycles. The molecule has 0 saturated heterocycles. The molecule has 2 aliphatic heterocycles. The molecule has 1 N–H and O–H groups in total. The molecule has 0 fully saturated rings. The van der Waals surface area contributed by atoms with Gasteiger partial charge in [0.25, 0.3) is 0 Å². The molecule has 0 amide bonds. The first-order valence-corrected chi connectivity index (χ1v) is 7.55. The standard InChI is InChI=1S/C18H16BNO3/c1-17(2)20-14-10-6-4-5-7-11(10)15-12(13(14)16(21)23-17)8-9-18(3,19)22-15/h4-9,20H,1-3H3. The topological polar surface area (TPSA) is 47.6 Å². The van der Waals surface area contributed by atoms with Crippen LogP contribution in [0, 0.1) is 0 Å². The monoisotopic (exact) mass is 305 g/mol. The molecule has 0 saturated carbocycles. The maximum atomic E-state index is 12.6. The van der Waals surface area contributed by atoms with Crippen LogP contribution in [-0.4, -0.2) is 25.0 Å². The SMILES string of the molecule is [B]C1(C)C=Cc2c3c(c4ccccc4c2O1)NC(C)(C)OC3=O. The zero-order valence-electron chi connectivity index (χ0n) is 13.3. The van der Waals surface area contributed by atoms with Crippen LogP contribution in [-0.2, 0) is 4.74 Å². The largest absolute Gasteiger partial charge is 0.492 e. The van der Waals surface area contributed by atoms with Crippen LogP contribution in [0.4, 0.5) is 5.69 Å². The molecule has 114 valence electrons. The van der Waals surface area contributed by atoms with E-state index < -0.39 is 11.2 Å². The fourth-order valence-corrected chi connectivity index (χ4v) is 3.15. The van der Waals surface area contributed by atoms with Gasteiger partial charge in [0, 0.05) is 16.3 Å². The summed E-state index contributed by atoms with van der Waals surface area (Å²) in [5, 5.41) is 5.15. The lowest BCUT2D eigenvalue weighted by Crippen LogP contribution is -2.42. The predicted molar refractivity (Wildman–Crippen MR) is 90.9 cm³/mol. The van der Waals surface area contributed by atoms with E-state index in [-0.39, 0.29) is 5.97 Å². The van der Waals surface area contributed by atoms with Crippen LogP contribution in [0.1, 0.15) is 36.7 Å². The highest BCUT2D eigenvalue weighted by Crippen LogP contribution is 2.46. The predicted octanol–water partition coefficient (Wildman–Crippen LogP) is 3.45. The van der Waals surface area contributed by atoms with Gasteiger partial charge < -0.3 is 14.8 Å². The van der Waals surface area contributed by atoms with Gasteiger partial charge in [-0.15, -0.1) is 0 Å². The second-order valence-corrected chi connectivity index (χ2v) is 6.68. The van der Waals surface area contributed by atoms with Crippen molar-refractivity contribution in [1.29, 1.82) is 0 Å². The Hall–Kier alpha value is -2.43. The van der Waals surface area contributed by atoms with Crippen molar-refractivity contribution < 1.29 is 14.3 Å². The average Bonchev–Trinajstić information content (AvgIpc) is 2.45. The summed E-state index contributed by atoms with van der Waals surface area (Å²) in [5.74, 6) is 0.255. The normalized spacial score (nSPS) is 24.2. The molecule has 2 aromatic carbocycles. The Bertz CT molecular complexity index is 883. The molecule has 4 rings (SSSR count). The average molecular weight is 305 g/mol. The smallest absolute Gasteiger partial charge is 0.343 e. The van der Waals surface area contributed by atoms with Crippen molar-refractivity contribution in [1.82, 2.24) is 0 Å². The number of benzene rings is 2. The van der Waals surface area contributed by atoms with Gasteiger partial charge in [-0.05, 0) is 20.8 Å². The van der Waals surface area contributed by atoms with Gasteiger partial charge in [-0.3, -0.25) is 0 Å². The number of rotatable bonds is 0. The summed E-state index contributed by atoms with van der Waals surface area (Å²) < 4.78 is 11.5. The molecule has 1 atom stereocenters. The third kappa shape index (κ3) is 2.11. The molecule has 2 radical (unpaired) electrons.